The van der Waals surface area contributed by atoms with Crippen molar-refractivity contribution >= 4 is 22.2 Å². The topological polar surface area (TPSA) is 64.1 Å². The number of pyridine rings is 1. The molecule has 1 aliphatic rings. The summed E-state index contributed by atoms with van der Waals surface area (Å²) < 4.78 is 17.2. The van der Waals surface area contributed by atoms with Gasteiger partial charge in [-0.2, -0.15) is 0 Å². The molecule has 2 aromatic heterocycles. The van der Waals surface area contributed by atoms with Gasteiger partial charge in [-0.1, -0.05) is 6.07 Å². The first kappa shape index (κ1) is 20.9. The first-order valence-corrected chi connectivity index (χ1v) is 11.2. The first-order valence-electron chi connectivity index (χ1n) is 10.3. The van der Waals surface area contributed by atoms with E-state index in [4.69, 9.17) is 19.2 Å². The summed E-state index contributed by atoms with van der Waals surface area (Å²) in [5.41, 5.74) is 1.71. The molecule has 0 spiro atoms. The minimum absolute atomic E-state index is 0.136. The van der Waals surface area contributed by atoms with Crippen LogP contribution in [-0.2, 0) is 0 Å². The van der Waals surface area contributed by atoms with E-state index < -0.39 is 0 Å². The number of thiophene rings is 1. The SMILES string of the molecule is COc1cc2nc(-c3cccs3)cc(OCCCN3CCC(O)CC3)c2cc1OC. The zero-order valence-corrected chi connectivity index (χ0v) is 18.3. The second-order valence-electron chi connectivity index (χ2n) is 7.48. The molecule has 0 atom stereocenters. The number of fused-ring (bicyclic) bond motifs is 1. The number of aliphatic hydroxyl groups is 1. The van der Waals surface area contributed by atoms with Crippen LogP contribution in [0.15, 0.2) is 35.7 Å². The molecular weight excluding hydrogens is 400 g/mol. The summed E-state index contributed by atoms with van der Waals surface area (Å²) >= 11 is 1.66. The highest BCUT2D eigenvalue weighted by atomic mass is 32.1. The van der Waals surface area contributed by atoms with E-state index in [-0.39, 0.29) is 6.10 Å². The van der Waals surface area contributed by atoms with Crippen molar-refractivity contribution in [2.45, 2.75) is 25.4 Å². The van der Waals surface area contributed by atoms with E-state index in [2.05, 4.69) is 11.0 Å². The average molecular weight is 429 g/mol. The molecule has 1 aromatic carbocycles. The highest BCUT2D eigenvalue weighted by Crippen LogP contribution is 2.38. The van der Waals surface area contributed by atoms with E-state index in [1.165, 1.54) is 0 Å². The van der Waals surface area contributed by atoms with Crippen molar-refractivity contribution in [3.63, 3.8) is 0 Å². The number of ether oxygens (including phenoxy) is 3. The number of methoxy groups -OCH3 is 2. The molecule has 1 saturated heterocycles. The molecule has 0 radical (unpaired) electrons. The molecule has 30 heavy (non-hydrogen) atoms. The molecule has 1 fully saturated rings. The summed E-state index contributed by atoms with van der Waals surface area (Å²) in [7, 11) is 3.26. The third kappa shape index (κ3) is 4.69. The van der Waals surface area contributed by atoms with Gasteiger partial charge in [0.15, 0.2) is 11.5 Å². The lowest BCUT2D eigenvalue weighted by molar-refractivity contribution is 0.0800. The van der Waals surface area contributed by atoms with Gasteiger partial charge in [0.25, 0.3) is 0 Å². The standard InChI is InChI=1S/C23H28N2O4S/c1-27-21-13-17-18(14-22(21)28-2)24-19(23-5-3-12-30-23)15-20(17)29-11-4-8-25-9-6-16(26)7-10-25/h3,5,12-16,26H,4,6-11H2,1-2H3. The molecule has 160 valence electrons. The zero-order valence-electron chi connectivity index (χ0n) is 17.5. The summed E-state index contributed by atoms with van der Waals surface area (Å²) in [6, 6.07) is 9.93. The minimum Gasteiger partial charge on any atom is -0.493 e. The Kier molecular flexibility index (Phi) is 6.72. The van der Waals surface area contributed by atoms with Crippen LogP contribution in [0.3, 0.4) is 0 Å². The molecule has 1 N–H and O–H groups in total. The lowest BCUT2D eigenvalue weighted by Gasteiger charge is -2.29. The minimum atomic E-state index is -0.136. The van der Waals surface area contributed by atoms with Crippen LogP contribution in [0.25, 0.3) is 21.5 Å². The van der Waals surface area contributed by atoms with Crippen molar-refractivity contribution < 1.29 is 19.3 Å². The van der Waals surface area contributed by atoms with Gasteiger partial charge in [0.05, 0.1) is 43.0 Å². The Labute approximate surface area is 181 Å². The van der Waals surface area contributed by atoms with Crippen LogP contribution in [0.5, 0.6) is 17.2 Å². The van der Waals surface area contributed by atoms with E-state index in [1.807, 2.05) is 29.6 Å². The molecule has 6 nitrogen and oxygen atoms in total. The molecule has 0 aliphatic carbocycles. The third-order valence-corrected chi connectivity index (χ3v) is 6.38. The molecule has 0 amide bonds. The zero-order chi connectivity index (χ0) is 20.9. The van der Waals surface area contributed by atoms with Gasteiger partial charge < -0.3 is 24.2 Å². The summed E-state index contributed by atoms with van der Waals surface area (Å²) in [5, 5.41) is 12.6. The van der Waals surface area contributed by atoms with Crippen LogP contribution < -0.4 is 14.2 Å². The number of hydrogen-bond acceptors (Lipinski definition) is 7. The Morgan fingerprint density at radius 2 is 1.87 bits per heavy atom. The van der Waals surface area contributed by atoms with Crippen molar-refractivity contribution in [1.29, 1.82) is 0 Å². The van der Waals surface area contributed by atoms with Gasteiger partial charge in [-0.05, 0) is 36.8 Å². The predicted molar refractivity (Wildman–Crippen MR) is 120 cm³/mol. The van der Waals surface area contributed by atoms with Gasteiger partial charge in [0, 0.05) is 37.2 Å². The lowest BCUT2D eigenvalue weighted by atomic mass is 10.1. The molecule has 1 aliphatic heterocycles. The van der Waals surface area contributed by atoms with Crippen LogP contribution in [0.4, 0.5) is 0 Å². The summed E-state index contributed by atoms with van der Waals surface area (Å²) in [5.74, 6) is 2.12. The quantitative estimate of drug-likeness (QED) is 0.543. The van der Waals surface area contributed by atoms with Crippen molar-refractivity contribution in [2.24, 2.45) is 0 Å². The number of aromatic nitrogens is 1. The second kappa shape index (κ2) is 9.64. The maximum atomic E-state index is 9.66. The largest absolute Gasteiger partial charge is 0.493 e. The Balaban J connectivity index is 1.55. The number of benzene rings is 1. The molecule has 3 heterocycles. The number of rotatable bonds is 8. The number of hydrogen-bond donors (Lipinski definition) is 1. The molecule has 0 unspecified atom stereocenters. The number of likely N-dealkylation sites (tertiary alicyclic amines) is 1. The highest BCUT2D eigenvalue weighted by molar-refractivity contribution is 7.13. The van der Waals surface area contributed by atoms with E-state index in [1.54, 1.807) is 25.6 Å². The Morgan fingerprint density at radius 1 is 1.10 bits per heavy atom. The van der Waals surface area contributed by atoms with E-state index in [0.717, 1.165) is 66.1 Å². The van der Waals surface area contributed by atoms with E-state index >= 15 is 0 Å². The van der Waals surface area contributed by atoms with Crippen molar-refractivity contribution in [1.82, 2.24) is 9.88 Å². The van der Waals surface area contributed by atoms with Crippen LogP contribution in [0, 0.1) is 0 Å². The van der Waals surface area contributed by atoms with Crippen LogP contribution in [-0.4, -0.2) is 61.6 Å². The monoisotopic (exact) mass is 428 g/mol. The fraction of sp³-hybridized carbons (Fsp3) is 0.435. The second-order valence-corrected chi connectivity index (χ2v) is 8.43. The van der Waals surface area contributed by atoms with Gasteiger partial charge >= 0.3 is 0 Å². The summed E-state index contributed by atoms with van der Waals surface area (Å²) in [6.07, 6.45) is 2.52. The van der Waals surface area contributed by atoms with Gasteiger partial charge in [-0.3, -0.25) is 0 Å². The molecule has 0 saturated carbocycles. The average Bonchev–Trinajstić information content (AvgIpc) is 3.31. The van der Waals surface area contributed by atoms with Gasteiger partial charge in [-0.15, -0.1) is 11.3 Å². The van der Waals surface area contributed by atoms with Gasteiger partial charge in [0.2, 0.25) is 0 Å². The van der Waals surface area contributed by atoms with Crippen molar-refractivity contribution in [3.05, 3.63) is 35.7 Å². The van der Waals surface area contributed by atoms with Crippen molar-refractivity contribution in [2.75, 3.05) is 40.5 Å². The molecule has 4 rings (SSSR count). The summed E-state index contributed by atoms with van der Waals surface area (Å²) in [4.78, 5) is 8.33. The Morgan fingerprint density at radius 3 is 2.57 bits per heavy atom. The first-order chi connectivity index (χ1) is 14.7. The fourth-order valence-electron chi connectivity index (χ4n) is 3.81. The van der Waals surface area contributed by atoms with Crippen LogP contribution >= 0.6 is 11.3 Å². The van der Waals surface area contributed by atoms with E-state index in [9.17, 15) is 5.11 Å². The van der Waals surface area contributed by atoms with Crippen LogP contribution in [0.1, 0.15) is 19.3 Å². The number of piperidine rings is 1. The maximum Gasteiger partial charge on any atom is 0.162 e. The Hall–Kier alpha value is -2.35. The third-order valence-electron chi connectivity index (χ3n) is 5.48. The smallest absolute Gasteiger partial charge is 0.162 e. The predicted octanol–water partition coefficient (Wildman–Crippen LogP) is 4.21. The van der Waals surface area contributed by atoms with E-state index in [0.29, 0.717) is 18.1 Å². The molecule has 3 aromatic rings. The van der Waals surface area contributed by atoms with Gasteiger partial charge in [0.1, 0.15) is 5.75 Å². The lowest BCUT2D eigenvalue weighted by Crippen LogP contribution is -2.36. The normalized spacial score (nSPS) is 15.4. The molecule has 0 bridgehead atoms. The highest BCUT2D eigenvalue weighted by Gasteiger charge is 2.17. The number of nitrogens with zero attached hydrogens (tertiary/aromatic N) is 2. The number of aliphatic hydroxyl groups excluding tert-OH is 1. The van der Waals surface area contributed by atoms with Crippen molar-refractivity contribution in [3.8, 4) is 27.8 Å². The Bertz CT molecular complexity index is 969. The summed E-state index contributed by atoms with van der Waals surface area (Å²) in [6.45, 7) is 3.51. The maximum absolute atomic E-state index is 9.66. The fourth-order valence-corrected chi connectivity index (χ4v) is 4.49. The molecular formula is C23H28N2O4S. The van der Waals surface area contributed by atoms with Gasteiger partial charge in [-0.25, -0.2) is 4.98 Å². The van der Waals surface area contributed by atoms with Crippen LogP contribution in [0.2, 0.25) is 0 Å². The molecule has 7 heteroatoms.